The number of aromatic amines is 1. The Morgan fingerprint density at radius 2 is 1.84 bits per heavy atom. The molecule has 25 heavy (non-hydrogen) atoms. The maximum atomic E-state index is 11.5. The minimum Gasteiger partial charge on any atom is -0.381 e. The molecule has 6 nitrogen and oxygen atoms in total. The molecule has 0 radical (unpaired) electrons. The summed E-state index contributed by atoms with van der Waals surface area (Å²) >= 11 is 0. The van der Waals surface area contributed by atoms with Gasteiger partial charge in [0.15, 0.2) is 5.82 Å². The van der Waals surface area contributed by atoms with Gasteiger partial charge in [-0.15, -0.1) is 0 Å². The molecule has 0 unspecified atom stereocenters. The predicted molar refractivity (Wildman–Crippen MR) is 92.4 cm³/mol. The van der Waals surface area contributed by atoms with Gasteiger partial charge in [0.1, 0.15) is 5.69 Å². The first-order valence-electron chi connectivity index (χ1n) is 8.36. The number of aromatic nitrogens is 3. The largest absolute Gasteiger partial charge is 0.381 e. The van der Waals surface area contributed by atoms with Crippen LogP contribution in [-0.4, -0.2) is 28.3 Å². The fourth-order valence-electron chi connectivity index (χ4n) is 3.33. The van der Waals surface area contributed by atoms with E-state index >= 15 is 0 Å². The van der Waals surface area contributed by atoms with Gasteiger partial charge >= 0.3 is 0 Å². The van der Waals surface area contributed by atoms with Crippen LogP contribution in [0.2, 0.25) is 0 Å². The van der Waals surface area contributed by atoms with Crippen LogP contribution in [0.1, 0.15) is 29.8 Å². The third-order valence-corrected chi connectivity index (χ3v) is 4.80. The second-order valence-electron chi connectivity index (χ2n) is 6.41. The van der Waals surface area contributed by atoms with Crippen molar-refractivity contribution in [3.8, 4) is 11.6 Å². The fraction of sp³-hybridized carbons (Fsp3) is 0.316. The maximum absolute atomic E-state index is 11.5. The van der Waals surface area contributed by atoms with Gasteiger partial charge in [-0.25, -0.2) is 0 Å². The Balaban J connectivity index is 1.78. The molecule has 0 bridgehead atoms. The zero-order valence-electron chi connectivity index (χ0n) is 14.0. The molecule has 1 aliphatic heterocycles. The first-order valence-corrected chi connectivity index (χ1v) is 8.36. The van der Waals surface area contributed by atoms with Gasteiger partial charge < -0.3 is 14.2 Å². The molecule has 0 atom stereocenters. The van der Waals surface area contributed by atoms with Gasteiger partial charge in [0, 0.05) is 19.3 Å². The molecule has 0 saturated carbocycles. The summed E-state index contributed by atoms with van der Waals surface area (Å²) in [5, 5.41) is 4.25. The number of ether oxygens (including phenoxy) is 1. The van der Waals surface area contributed by atoms with E-state index in [1.807, 2.05) is 0 Å². The van der Waals surface area contributed by atoms with Crippen molar-refractivity contribution in [2.24, 2.45) is 0 Å². The highest BCUT2D eigenvalue weighted by atomic mass is 16.5. The van der Waals surface area contributed by atoms with Crippen LogP contribution in [0.3, 0.4) is 0 Å². The number of benzene rings is 1. The van der Waals surface area contributed by atoms with Crippen LogP contribution in [0.4, 0.5) is 0 Å². The normalized spacial score (nSPS) is 16.7. The van der Waals surface area contributed by atoms with E-state index in [0.29, 0.717) is 30.6 Å². The van der Waals surface area contributed by atoms with E-state index in [9.17, 15) is 4.79 Å². The van der Waals surface area contributed by atoms with Gasteiger partial charge in [0.25, 0.3) is 5.89 Å². The van der Waals surface area contributed by atoms with E-state index in [1.54, 1.807) is 12.1 Å². The summed E-state index contributed by atoms with van der Waals surface area (Å²) in [7, 11) is 0. The second-order valence-corrected chi connectivity index (χ2v) is 6.41. The zero-order chi connectivity index (χ0) is 17.3. The number of nitrogens with one attached hydrogen (secondary N) is 1. The first kappa shape index (κ1) is 15.8. The second kappa shape index (κ2) is 6.29. The number of nitrogens with zero attached hydrogens (tertiary/aromatic N) is 2. The van der Waals surface area contributed by atoms with E-state index in [4.69, 9.17) is 9.26 Å². The lowest BCUT2D eigenvalue weighted by atomic mass is 9.73. The molecular weight excluding hydrogens is 318 g/mol. The maximum Gasteiger partial charge on any atom is 0.274 e. The molecule has 0 aliphatic carbocycles. The van der Waals surface area contributed by atoms with E-state index in [1.165, 1.54) is 11.6 Å². The Kier molecular flexibility index (Phi) is 3.97. The van der Waals surface area contributed by atoms with Crippen molar-refractivity contribution >= 4 is 0 Å². The summed E-state index contributed by atoms with van der Waals surface area (Å²) in [4.78, 5) is 18.9. The minimum absolute atomic E-state index is 0.198. The average Bonchev–Trinajstić information content (AvgIpc) is 3.14. The van der Waals surface area contributed by atoms with Crippen LogP contribution in [0, 0.1) is 6.92 Å². The van der Waals surface area contributed by atoms with Gasteiger partial charge in [0.05, 0.1) is 5.41 Å². The third-order valence-electron chi connectivity index (χ3n) is 4.80. The van der Waals surface area contributed by atoms with Crippen molar-refractivity contribution < 1.29 is 9.26 Å². The summed E-state index contributed by atoms with van der Waals surface area (Å²) in [5.41, 5.74) is 2.37. The molecular formula is C19H19N3O3. The van der Waals surface area contributed by atoms with E-state index in [2.05, 4.69) is 46.3 Å². The summed E-state index contributed by atoms with van der Waals surface area (Å²) in [6, 6.07) is 13.3. The Morgan fingerprint density at radius 3 is 2.56 bits per heavy atom. The SMILES string of the molecule is Cc1ccc(C2(c3noc(-c4cccc(=O)[nH]4)n3)CCOCC2)cc1. The van der Waals surface area contributed by atoms with Crippen LogP contribution >= 0.6 is 0 Å². The number of hydrogen-bond donors (Lipinski definition) is 1. The van der Waals surface area contributed by atoms with Gasteiger partial charge in [-0.2, -0.15) is 4.98 Å². The Bertz CT molecular complexity index is 921. The van der Waals surface area contributed by atoms with Gasteiger partial charge in [-0.3, -0.25) is 4.79 Å². The van der Waals surface area contributed by atoms with Crippen LogP contribution in [-0.2, 0) is 10.2 Å². The Labute approximate surface area is 144 Å². The smallest absolute Gasteiger partial charge is 0.274 e. The summed E-state index contributed by atoms with van der Waals surface area (Å²) < 4.78 is 11.0. The van der Waals surface area contributed by atoms with Crippen molar-refractivity contribution in [2.45, 2.75) is 25.2 Å². The van der Waals surface area contributed by atoms with Crippen molar-refractivity contribution in [1.82, 2.24) is 15.1 Å². The highest BCUT2D eigenvalue weighted by Gasteiger charge is 2.40. The molecule has 1 saturated heterocycles. The monoisotopic (exact) mass is 337 g/mol. The quantitative estimate of drug-likeness (QED) is 0.795. The number of hydrogen-bond acceptors (Lipinski definition) is 5. The third kappa shape index (κ3) is 2.89. The molecule has 4 rings (SSSR count). The van der Waals surface area contributed by atoms with E-state index in [-0.39, 0.29) is 11.0 Å². The van der Waals surface area contributed by atoms with Crippen LogP contribution in [0.25, 0.3) is 11.6 Å². The van der Waals surface area contributed by atoms with Crippen molar-refractivity contribution in [3.05, 3.63) is 69.8 Å². The molecule has 1 fully saturated rings. The highest BCUT2D eigenvalue weighted by Crippen LogP contribution is 2.40. The Hall–Kier alpha value is -2.73. The fourth-order valence-corrected chi connectivity index (χ4v) is 3.33. The van der Waals surface area contributed by atoms with Crippen molar-refractivity contribution in [2.75, 3.05) is 13.2 Å². The van der Waals surface area contributed by atoms with Crippen LogP contribution in [0.5, 0.6) is 0 Å². The predicted octanol–water partition coefficient (Wildman–Crippen LogP) is 2.83. The van der Waals surface area contributed by atoms with Crippen LogP contribution in [0.15, 0.2) is 51.8 Å². The van der Waals surface area contributed by atoms with Gasteiger partial charge in [0.2, 0.25) is 5.56 Å². The standard InChI is InChI=1S/C19H19N3O3/c1-13-5-7-14(8-6-13)19(9-11-24-12-10-19)18-21-17(25-22-18)15-3-2-4-16(23)20-15/h2-8H,9-12H2,1H3,(H,20,23). The number of aryl methyl sites for hydroxylation is 1. The number of pyridine rings is 1. The number of H-pyrrole nitrogens is 1. The van der Waals surface area contributed by atoms with E-state index in [0.717, 1.165) is 18.4 Å². The molecule has 0 amide bonds. The molecule has 6 heteroatoms. The molecule has 3 aromatic rings. The Morgan fingerprint density at radius 1 is 1.08 bits per heavy atom. The highest BCUT2D eigenvalue weighted by molar-refractivity contribution is 5.46. The summed E-state index contributed by atoms with van der Waals surface area (Å²) in [6.07, 6.45) is 1.58. The molecule has 1 aliphatic rings. The van der Waals surface area contributed by atoms with Crippen LogP contribution < -0.4 is 5.56 Å². The minimum atomic E-state index is -0.331. The molecule has 0 spiro atoms. The van der Waals surface area contributed by atoms with Gasteiger partial charge in [-0.05, 0) is 31.4 Å². The molecule has 3 heterocycles. The molecule has 128 valence electrons. The molecule has 1 aromatic carbocycles. The molecule has 1 N–H and O–H groups in total. The lowest BCUT2D eigenvalue weighted by Gasteiger charge is -2.34. The summed E-state index contributed by atoms with van der Waals surface area (Å²) in [6.45, 7) is 3.37. The number of rotatable bonds is 3. The van der Waals surface area contributed by atoms with Gasteiger partial charge in [-0.1, -0.05) is 41.1 Å². The lowest BCUT2D eigenvalue weighted by molar-refractivity contribution is 0.0597. The van der Waals surface area contributed by atoms with Crippen molar-refractivity contribution in [1.29, 1.82) is 0 Å². The van der Waals surface area contributed by atoms with E-state index < -0.39 is 0 Å². The zero-order valence-corrected chi connectivity index (χ0v) is 14.0. The summed E-state index contributed by atoms with van der Waals surface area (Å²) in [5.74, 6) is 0.963. The van der Waals surface area contributed by atoms with Crippen molar-refractivity contribution in [3.63, 3.8) is 0 Å². The lowest BCUT2D eigenvalue weighted by Crippen LogP contribution is -2.36. The molecule has 2 aromatic heterocycles. The average molecular weight is 337 g/mol. The first-order chi connectivity index (χ1) is 12.2. The topological polar surface area (TPSA) is 81.0 Å².